The molecule has 0 bridgehead atoms. The Morgan fingerprint density at radius 1 is 1.50 bits per heavy atom. The predicted octanol–water partition coefficient (Wildman–Crippen LogP) is -1.24. The number of carboxylic acids is 1. The summed E-state index contributed by atoms with van der Waals surface area (Å²) in [7, 11) is 1.52. The van der Waals surface area contributed by atoms with E-state index in [2.05, 4.69) is 4.74 Å². The van der Waals surface area contributed by atoms with Gasteiger partial charge in [-0.1, -0.05) is 0 Å². The third-order valence-corrected chi connectivity index (χ3v) is 1.13. The van der Waals surface area contributed by atoms with E-state index in [1.54, 1.807) is 6.92 Å². The molecule has 1 atom stereocenters. The first-order valence-electron chi connectivity index (χ1n) is 3.58. The molecule has 0 aliphatic heterocycles. The van der Waals surface area contributed by atoms with E-state index in [0.29, 0.717) is 6.61 Å². The van der Waals surface area contributed by atoms with Crippen LogP contribution < -0.4 is 5.11 Å². The van der Waals surface area contributed by atoms with Gasteiger partial charge in [0.05, 0.1) is 25.8 Å². The maximum Gasteiger partial charge on any atom is 0.154 e. The van der Waals surface area contributed by atoms with Gasteiger partial charge in [-0.05, 0) is 6.92 Å². The van der Waals surface area contributed by atoms with Crippen molar-refractivity contribution in [2.45, 2.75) is 13.2 Å². The Bertz CT molecular complexity index is 125. The minimum absolute atomic E-state index is 0.224. The molecule has 0 spiro atoms. The standard InChI is InChI=1S/C7H14O5/c1-6(10-2)12-4-3-11-5-7(8)9/h6H,3-5H2,1-2H3,(H,8,9)/p-1. The summed E-state index contributed by atoms with van der Waals surface area (Å²) in [4.78, 5) is 9.85. The van der Waals surface area contributed by atoms with Crippen LogP contribution >= 0.6 is 0 Å². The zero-order valence-electron chi connectivity index (χ0n) is 7.24. The summed E-state index contributed by atoms with van der Waals surface area (Å²) in [5.74, 6) is -1.23. The zero-order valence-corrected chi connectivity index (χ0v) is 7.24. The lowest BCUT2D eigenvalue weighted by atomic mass is 10.7. The van der Waals surface area contributed by atoms with Gasteiger partial charge in [0.1, 0.15) is 0 Å². The van der Waals surface area contributed by atoms with Gasteiger partial charge in [-0.3, -0.25) is 0 Å². The van der Waals surface area contributed by atoms with Gasteiger partial charge in [0.2, 0.25) is 0 Å². The van der Waals surface area contributed by atoms with Gasteiger partial charge >= 0.3 is 0 Å². The van der Waals surface area contributed by atoms with E-state index in [1.165, 1.54) is 7.11 Å². The molecule has 0 N–H and O–H groups in total. The van der Waals surface area contributed by atoms with Crippen molar-refractivity contribution in [2.24, 2.45) is 0 Å². The summed E-state index contributed by atoms with van der Waals surface area (Å²) in [6, 6.07) is 0. The maximum atomic E-state index is 9.85. The normalized spacial score (nSPS) is 12.8. The molecule has 0 radical (unpaired) electrons. The first-order chi connectivity index (χ1) is 5.66. The van der Waals surface area contributed by atoms with Crippen LogP contribution in [0.3, 0.4) is 0 Å². The van der Waals surface area contributed by atoms with Crippen molar-refractivity contribution in [1.29, 1.82) is 0 Å². The number of hydrogen-bond acceptors (Lipinski definition) is 5. The summed E-state index contributed by atoms with van der Waals surface area (Å²) in [6.45, 7) is 1.87. The summed E-state index contributed by atoms with van der Waals surface area (Å²) in [6.07, 6.45) is -0.295. The van der Waals surface area contributed by atoms with Crippen LogP contribution in [0.4, 0.5) is 0 Å². The lowest BCUT2D eigenvalue weighted by molar-refractivity contribution is -0.309. The van der Waals surface area contributed by atoms with Crippen molar-refractivity contribution < 1.29 is 24.1 Å². The Morgan fingerprint density at radius 2 is 2.17 bits per heavy atom. The molecule has 0 saturated carbocycles. The second kappa shape index (κ2) is 7.02. The SMILES string of the molecule is COC(C)OCCOCC(=O)[O-]. The first-order valence-corrected chi connectivity index (χ1v) is 3.58. The highest BCUT2D eigenvalue weighted by molar-refractivity contribution is 5.65. The van der Waals surface area contributed by atoms with Crippen molar-refractivity contribution in [3.63, 3.8) is 0 Å². The molecule has 0 aromatic rings. The van der Waals surface area contributed by atoms with Gasteiger partial charge in [-0.2, -0.15) is 0 Å². The molecule has 5 heteroatoms. The summed E-state index contributed by atoms with van der Waals surface area (Å²) < 4.78 is 14.4. The molecule has 0 fully saturated rings. The Hall–Kier alpha value is -0.650. The van der Waals surface area contributed by atoms with Crippen molar-refractivity contribution in [3.05, 3.63) is 0 Å². The molecule has 0 rings (SSSR count). The number of carbonyl (C=O) groups excluding carboxylic acids is 1. The van der Waals surface area contributed by atoms with Gasteiger partial charge in [0.15, 0.2) is 6.29 Å². The fraction of sp³-hybridized carbons (Fsp3) is 0.857. The molecule has 0 aliphatic carbocycles. The van der Waals surface area contributed by atoms with Crippen LogP contribution in [-0.4, -0.2) is 39.2 Å². The molecule has 12 heavy (non-hydrogen) atoms. The van der Waals surface area contributed by atoms with Gasteiger partial charge < -0.3 is 24.1 Å². The van der Waals surface area contributed by atoms with E-state index in [-0.39, 0.29) is 12.9 Å². The number of ether oxygens (including phenoxy) is 3. The molecule has 0 aromatic carbocycles. The highest BCUT2D eigenvalue weighted by Gasteiger charge is 1.97. The fourth-order valence-corrected chi connectivity index (χ4v) is 0.497. The minimum atomic E-state index is -1.23. The summed E-state index contributed by atoms with van der Waals surface area (Å²) in [5.41, 5.74) is 0. The Morgan fingerprint density at radius 3 is 2.67 bits per heavy atom. The highest BCUT2D eigenvalue weighted by Crippen LogP contribution is 1.89. The lowest BCUT2D eigenvalue weighted by Crippen LogP contribution is -2.28. The highest BCUT2D eigenvalue weighted by atomic mass is 16.7. The molecule has 0 amide bonds. The van der Waals surface area contributed by atoms with Gasteiger partial charge in [-0.15, -0.1) is 0 Å². The van der Waals surface area contributed by atoms with Crippen molar-refractivity contribution >= 4 is 5.97 Å². The largest absolute Gasteiger partial charge is 0.548 e. The maximum absolute atomic E-state index is 9.85. The number of carbonyl (C=O) groups is 1. The van der Waals surface area contributed by atoms with E-state index >= 15 is 0 Å². The summed E-state index contributed by atoms with van der Waals surface area (Å²) >= 11 is 0. The van der Waals surface area contributed by atoms with E-state index in [1.807, 2.05) is 0 Å². The molecule has 5 nitrogen and oxygen atoms in total. The first kappa shape index (κ1) is 11.4. The van der Waals surface area contributed by atoms with Crippen molar-refractivity contribution in [1.82, 2.24) is 0 Å². The molecule has 72 valence electrons. The monoisotopic (exact) mass is 177 g/mol. The average Bonchev–Trinajstić information content (AvgIpc) is 2.03. The van der Waals surface area contributed by atoms with Crippen molar-refractivity contribution in [2.75, 3.05) is 26.9 Å². The number of methoxy groups -OCH3 is 1. The van der Waals surface area contributed by atoms with Gasteiger partial charge in [0.25, 0.3) is 0 Å². The molecular weight excluding hydrogens is 164 g/mol. The van der Waals surface area contributed by atoms with Crippen LogP contribution in [0.1, 0.15) is 6.92 Å². The van der Waals surface area contributed by atoms with E-state index in [9.17, 15) is 9.90 Å². The Balaban J connectivity index is 3.05. The minimum Gasteiger partial charge on any atom is -0.548 e. The van der Waals surface area contributed by atoms with E-state index < -0.39 is 12.6 Å². The quantitative estimate of drug-likeness (QED) is 0.359. The van der Waals surface area contributed by atoms with Crippen molar-refractivity contribution in [3.8, 4) is 0 Å². The van der Waals surface area contributed by atoms with Crippen LogP contribution in [0.2, 0.25) is 0 Å². The second-order valence-electron chi connectivity index (χ2n) is 2.10. The predicted molar refractivity (Wildman–Crippen MR) is 38.2 cm³/mol. The molecule has 0 aromatic heterocycles. The smallest absolute Gasteiger partial charge is 0.154 e. The molecular formula is C7H13O5-. The summed E-state index contributed by atoms with van der Waals surface area (Å²) in [5, 5.41) is 9.85. The van der Waals surface area contributed by atoms with Crippen LogP contribution in [-0.2, 0) is 19.0 Å². The second-order valence-corrected chi connectivity index (χ2v) is 2.10. The molecule has 1 unspecified atom stereocenters. The van der Waals surface area contributed by atoms with Crippen LogP contribution in [0.15, 0.2) is 0 Å². The zero-order chi connectivity index (χ0) is 9.40. The third-order valence-electron chi connectivity index (χ3n) is 1.13. The molecule has 0 aliphatic rings. The van der Waals surface area contributed by atoms with Gasteiger partial charge in [-0.25, -0.2) is 0 Å². The molecule has 0 saturated heterocycles. The fourth-order valence-electron chi connectivity index (χ4n) is 0.497. The van der Waals surface area contributed by atoms with E-state index in [0.717, 1.165) is 0 Å². The number of rotatable bonds is 7. The third kappa shape index (κ3) is 7.46. The van der Waals surface area contributed by atoms with Gasteiger partial charge in [0, 0.05) is 7.11 Å². The van der Waals surface area contributed by atoms with E-state index in [4.69, 9.17) is 9.47 Å². The van der Waals surface area contributed by atoms with Crippen LogP contribution in [0, 0.1) is 0 Å². The molecule has 0 heterocycles. The lowest BCUT2D eigenvalue weighted by Gasteiger charge is -2.10. The Kier molecular flexibility index (Phi) is 6.64. The Labute approximate surface area is 71.2 Å². The number of aliphatic carboxylic acids is 1. The number of carboxylic acid groups (broad SMARTS) is 1. The van der Waals surface area contributed by atoms with Crippen LogP contribution in [0.25, 0.3) is 0 Å². The topological polar surface area (TPSA) is 67.8 Å². The number of hydrogen-bond donors (Lipinski definition) is 0. The van der Waals surface area contributed by atoms with Crippen LogP contribution in [0.5, 0.6) is 0 Å². The average molecular weight is 177 g/mol.